The molecule has 0 unspecified atom stereocenters. The first-order chi connectivity index (χ1) is 9.54. The van der Waals surface area contributed by atoms with E-state index in [-0.39, 0.29) is 11.6 Å². The average Bonchev–Trinajstić information content (AvgIpc) is 3.03. The number of hydrogen-bond acceptors (Lipinski definition) is 5. The zero-order valence-corrected chi connectivity index (χ0v) is 12.0. The molecule has 110 valence electrons. The van der Waals surface area contributed by atoms with Gasteiger partial charge in [-0.1, -0.05) is 0 Å². The van der Waals surface area contributed by atoms with Crippen LogP contribution in [-0.4, -0.2) is 35.4 Å². The molecule has 0 aliphatic heterocycles. The van der Waals surface area contributed by atoms with Gasteiger partial charge in [0.25, 0.3) is 10.0 Å². The number of aromatic amines is 2. The van der Waals surface area contributed by atoms with Crippen molar-refractivity contribution in [2.24, 2.45) is 5.73 Å². The molecule has 0 saturated carbocycles. The molecule has 0 bridgehead atoms. The van der Waals surface area contributed by atoms with Crippen LogP contribution in [0.1, 0.15) is 23.2 Å². The summed E-state index contributed by atoms with van der Waals surface area (Å²) < 4.78 is 26.6. The van der Waals surface area contributed by atoms with Crippen molar-refractivity contribution >= 4 is 10.0 Å². The summed E-state index contributed by atoms with van der Waals surface area (Å²) in [5.74, 6) is 0. The van der Waals surface area contributed by atoms with Gasteiger partial charge < -0.3 is 5.73 Å². The van der Waals surface area contributed by atoms with Crippen LogP contribution in [-0.2, 0) is 23.0 Å². The molecular formula is C11H18N6O2S. The second-order valence-electron chi connectivity index (χ2n) is 4.45. The molecule has 0 saturated heterocycles. The zero-order chi connectivity index (χ0) is 14.6. The van der Waals surface area contributed by atoms with E-state index >= 15 is 0 Å². The first kappa shape index (κ1) is 14.7. The van der Waals surface area contributed by atoms with Crippen LogP contribution in [0.15, 0.2) is 17.4 Å². The molecule has 8 nitrogen and oxygen atoms in total. The average molecular weight is 298 g/mol. The molecule has 2 rings (SSSR count). The SMILES string of the molecule is Cc1[nH]ncc1CCCNS(=O)(=O)c1[nH]ncc1CN. The van der Waals surface area contributed by atoms with Gasteiger partial charge in [-0.15, -0.1) is 0 Å². The molecule has 0 aliphatic rings. The van der Waals surface area contributed by atoms with E-state index in [0.717, 1.165) is 17.7 Å². The predicted octanol–water partition coefficient (Wildman–Crippen LogP) is -0.189. The molecule has 0 aromatic carbocycles. The number of rotatable bonds is 7. The Morgan fingerprint density at radius 1 is 1.25 bits per heavy atom. The summed E-state index contributed by atoms with van der Waals surface area (Å²) in [6.45, 7) is 2.40. The van der Waals surface area contributed by atoms with E-state index in [9.17, 15) is 8.42 Å². The minimum Gasteiger partial charge on any atom is -0.326 e. The van der Waals surface area contributed by atoms with Crippen molar-refractivity contribution in [2.45, 2.75) is 31.3 Å². The minimum atomic E-state index is -3.58. The Bertz CT molecular complexity index is 660. The number of nitrogens with two attached hydrogens (primary N) is 1. The summed E-state index contributed by atoms with van der Waals surface area (Å²) in [5, 5.41) is 13.0. The second kappa shape index (κ2) is 6.16. The van der Waals surface area contributed by atoms with E-state index in [1.54, 1.807) is 6.20 Å². The first-order valence-corrected chi connectivity index (χ1v) is 7.73. The zero-order valence-electron chi connectivity index (χ0n) is 11.2. The Morgan fingerprint density at radius 3 is 2.60 bits per heavy atom. The molecule has 20 heavy (non-hydrogen) atoms. The van der Waals surface area contributed by atoms with Gasteiger partial charge in [0.2, 0.25) is 0 Å². The van der Waals surface area contributed by atoms with Crippen molar-refractivity contribution in [2.75, 3.05) is 6.54 Å². The molecule has 0 aliphatic carbocycles. The van der Waals surface area contributed by atoms with E-state index in [1.165, 1.54) is 6.20 Å². The number of nitrogens with zero attached hydrogens (tertiary/aromatic N) is 2. The fourth-order valence-electron chi connectivity index (χ4n) is 1.86. The summed E-state index contributed by atoms with van der Waals surface area (Å²) in [7, 11) is -3.58. The molecule has 0 fully saturated rings. The van der Waals surface area contributed by atoms with Crippen molar-refractivity contribution in [1.82, 2.24) is 25.1 Å². The van der Waals surface area contributed by atoms with Crippen LogP contribution in [0, 0.1) is 6.92 Å². The molecule has 2 aromatic heterocycles. The van der Waals surface area contributed by atoms with Crippen molar-refractivity contribution in [3.63, 3.8) is 0 Å². The summed E-state index contributed by atoms with van der Waals surface area (Å²) in [6, 6.07) is 0. The van der Waals surface area contributed by atoms with Crippen molar-refractivity contribution in [3.05, 3.63) is 29.2 Å². The highest BCUT2D eigenvalue weighted by Gasteiger charge is 2.19. The van der Waals surface area contributed by atoms with Gasteiger partial charge in [0.1, 0.15) is 0 Å². The Kier molecular flexibility index (Phi) is 4.53. The lowest BCUT2D eigenvalue weighted by Gasteiger charge is -2.06. The van der Waals surface area contributed by atoms with E-state index in [0.29, 0.717) is 18.5 Å². The van der Waals surface area contributed by atoms with Crippen molar-refractivity contribution < 1.29 is 8.42 Å². The summed E-state index contributed by atoms with van der Waals surface area (Å²) in [5.41, 5.74) is 8.04. The Labute approximate surface area is 117 Å². The fraction of sp³-hybridized carbons (Fsp3) is 0.455. The highest BCUT2D eigenvalue weighted by Crippen LogP contribution is 2.11. The molecule has 0 amide bonds. The molecule has 2 aromatic rings. The van der Waals surface area contributed by atoms with Crippen LogP contribution in [0.3, 0.4) is 0 Å². The second-order valence-corrected chi connectivity index (χ2v) is 6.15. The molecule has 2 heterocycles. The predicted molar refractivity (Wildman–Crippen MR) is 73.3 cm³/mol. The van der Waals surface area contributed by atoms with Crippen LogP contribution in [0.5, 0.6) is 0 Å². The maximum atomic E-state index is 12.0. The van der Waals surface area contributed by atoms with Crippen LogP contribution >= 0.6 is 0 Å². The van der Waals surface area contributed by atoms with Gasteiger partial charge in [-0.25, -0.2) is 13.1 Å². The Balaban J connectivity index is 1.89. The van der Waals surface area contributed by atoms with E-state index < -0.39 is 10.0 Å². The van der Waals surface area contributed by atoms with Crippen molar-refractivity contribution in [3.8, 4) is 0 Å². The molecule has 0 atom stereocenters. The van der Waals surface area contributed by atoms with E-state index in [2.05, 4.69) is 25.1 Å². The minimum absolute atomic E-state index is 0.0412. The van der Waals surface area contributed by atoms with Crippen LogP contribution in [0.4, 0.5) is 0 Å². The third-order valence-corrected chi connectivity index (χ3v) is 4.49. The standard InChI is InChI=1S/C11H18N6O2S/c1-8-9(6-13-16-8)3-2-4-15-20(18,19)11-10(5-12)7-14-17-11/h6-7,15H,2-5,12H2,1H3,(H,13,16)(H,14,17). The Hall–Kier alpha value is -1.71. The highest BCUT2D eigenvalue weighted by atomic mass is 32.2. The summed E-state index contributed by atoms with van der Waals surface area (Å²) in [6.07, 6.45) is 4.62. The number of aryl methyl sites for hydroxylation is 2. The van der Waals surface area contributed by atoms with Gasteiger partial charge in [-0.3, -0.25) is 10.2 Å². The van der Waals surface area contributed by atoms with E-state index in [1.807, 2.05) is 6.92 Å². The summed E-state index contributed by atoms with van der Waals surface area (Å²) in [4.78, 5) is 0. The van der Waals surface area contributed by atoms with Crippen LogP contribution < -0.4 is 10.5 Å². The molecule has 5 N–H and O–H groups in total. The van der Waals surface area contributed by atoms with Crippen molar-refractivity contribution in [1.29, 1.82) is 0 Å². The fourth-order valence-corrected chi connectivity index (χ4v) is 3.07. The van der Waals surface area contributed by atoms with Gasteiger partial charge in [0, 0.05) is 24.3 Å². The van der Waals surface area contributed by atoms with Gasteiger partial charge in [0.15, 0.2) is 5.03 Å². The number of aromatic nitrogens is 4. The van der Waals surface area contributed by atoms with Crippen LogP contribution in [0.2, 0.25) is 0 Å². The van der Waals surface area contributed by atoms with Gasteiger partial charge in [0.05, 0.1) is 12.4 Å². The third kappa shape index (κ3) is 3.24. The molecule has 0 radical (unpaired) electrons. The largest absolute Gasteiger partial charge is 0.326 e. The third-order valence-electron chi connectivity index (χ3n) is 3.02. The summed E-state index contributed by atoms with van der Waals surface area (Å²) >= 11 is 0. The molecule has 0 spiro atoms. The topological polar surface area (TPSA) is 130 Å². The van der Waals surface area contributed by atoms with Gasteiger partial charge in [-0.05, 0) is 25.3 Å². The maximum absolute atomic E-state index is 12.0. The number of hydrogen-bond donors (Lipinski definition) is 4. The molecular weight excluding hydrogens is 280 g/mol. The number of sulfonamides is 1. The molecule has 9 heteroatoms. The monoisotopic (exact) mass is 298 g/mol. The normalized spacial score (nSPS) is 11.9. The smallest absolute Gasteiger partial charge is 0.257 e. The quantitative estimate of drug-likeness (QED) is 0.526. The van der Waals surface area contributed by atoms with Crippen LogP contribution in [0.25, 0.3) is 0 Å². The number of nitrogens with one attached hydrogen (secondary N) is 3. The lowest BCUT2D eigenvalue weighted by Crippen LogP contribution is -2.26. The highest BCUT2D eigenvalue weighted by molar-refractivity contribution is 7.89. The Morgan fingerprint density at radius 2 is 1.95 bits per heavy atom. The number of H-pyrrole nitrogens is 2. The maximum Gasteiger partial charge on any atom is 0.257 e. The van der Waals surface area contributed by atoms with Gasteiger partial charge in [-0.2, -0.15) is 10.2 Å². The lowest BCUT2D eigenvalue weighted by molar-refractivity contribution is 0.573. The first-order valence-electron chi connectivity index (χ1n) is 6.25. The van der Waals surface area contributed by atoms with E-state index in [4.69, 9.17) is 5.73 Å². The van der Waals surface area contributed by atoms with Gasteiger partial charge >= 0.3 is 0 Å². The lowest BCUT2D eigenvalue weighted by atomic mass is 10.1.